The zero-order valence-corrected chi connectivity index (χ0v) is 14.3. The van der Waals surface area contributed by atoms with Crippen LogP contribution in [0.1, 0.15) is 42.1 Å². The second-order valence-corrected chi connectivity index (χ2v) is 6.77. The first kappa shape index (κ1) is 16.7. The van der Waals surface area contributed by atoms with Crippen LogP contribution >= 0.6 is 0 Å². The first-order valence-corrected chi connectivity index (χ1v) is 8.73. The van der Waals surface area contributed by atoms with Crippen molar-refractivity contribution in [3.05, 3.63) is 59.7 Å². The number of carbonyl (C=O) groups excluding carboxylic acids is 1. The Morgan fingerprint density at radius 3 is 2.62 bits per heavy atom. The fraction of sp³-hybridized carbons (Fsp3) is 0.381. The number of aliphatic hydroxyl groups is 1. The zero-order chi connectivity index (χ0) is 17.1. The average molecular weight is 323 g/mol. The first-order chi connectivity index (χ1) is 11.6. The Bertz CT molecular complexity index is 719. The van der Waals surface area contributed by atoms with Crippen LogP contribution in [0.15, 0.2) is 48.5 Å². The fourth-order valence-electron chi connectivity index (χ4n) is 3.49. The molecule has 24 heavy (non-hydrogen) atoms. The largest absolute Gasteiger partial charge is 0.393 e. The number of hydrogen-bond donors (Lipinski definition) is 2. The lowest BCUT2D eigenvalue weighted by atomic mass is 9.76. The Morgan fingerprint density at radius 2 is 1.96 bits per heavy atom. The molecule has 0 unspecified atom stereocenters. The molecule has 0 spiro atoms. The molecular formula is C21H25NO2. The van der Waals surface area contributed by atoms with Crippen LogP contribution in [0.2, 0.25) is 0 Å². The number of hydrogen-bond acceptors (Lipinski definition) is 2. The van der Waals surface area contributed by atoms with Gasteiger partial charge in [-0.25, -0.2) is 0 Å². The number of aliphatic hydroxyl groups excluding tert-OH is 1. The topological polar surface area (TPSA) is 49.3 Å². The van der Waals surface area contributed by atoms with Gasteiger partial charge in [0.25, 0.3) is 5.91 Å². The highest BCUT2D eigenvalue weighted by Crippen LogP contribution is 2.31. The Hall–Kier alpha value is -2.13. The van der Waals surface area contributed by atoms with Gasteiger partial charge in [0.2, 0.25) is 0 Å². The summed E-state index contributed by atoms with van der Waals surface area (Å²) in [6.07, 6.45) is 2.29. The van der Waals surface area contributed by atoms with Crippen molar-refractivity contribution in [2.75, 3.05) is 0 Å². The van der Waals surface area contributed by atoms with Gasteiger partial charge >= 0.3 is 0 Å². The molecule has 0 aromatic heterocycles. The normalized spacial score (nSPS) is 21.0. The molecule has 126 valence electrons. The summed E-state index contributed by atoms with van der Waals surface area (Å²) in [5.41, 5.74) is 4.10. The van der Waals surface area contributed by atoms with Gasteiger partial charge in [0.05, 0.1) is 6.10 Å². The van der Waals surface area contributed by atoms with Crippen LogP contribution in [0, 0.1) is 12.8 Å². The van der Waals surface area contributed by atoms with Crippen molar-refractivity contribution in [3.8, 4) is 11.1 Å². The SMILES string of the molecule is CC[C@H](NC(=O)c1cccc(-c2ccccc2C)c1)C1CC(O)C1. The van der Waals surface area contributed by atoms with Crippen LogP contribution in [0.5, 0.6) is 0 Å². The molecule has 0 radical (unpaired) electrons. The standard InChI is InChI=1S/C21H25NO2/c1-3-20(17-12-18(23)13-17)22-21(24)16-9-6-8-15(11-16)19-10-5-4-7-14(19)2/h4-11,17-18,20,23H,3,12-13H2,1-2H3,(H,22,24)/t17?,18?,20-/m0/s1. The molecule has 2 aromatic carbocycles. The summed E-state index contributed by atoms with van der Waals surface area (Å²) in [4.78, 5) is 12.6. The minimum Gasteiger partial charge on any atom is -0.393 e. The summed E-state index contributed by atoms with van der Waals surface area (Å²) in [7, 11) is 0. The van der Waals surface area contributed by atoms with Gasteiger partial charge in [-0.3, -0.25) is 4.79 Å². The Morgan fingerprint density at radius 1 is 1.21 bits per heavy atom. The number of benzene rings is 2. The quantitative estimate of drug-likeness (QED) is 0.875. The number of aryl methyl sites for hydroxylation is 1. The fourth-order valence-corrected chi connectivity index (χ4v) is 3.49. The van der Waals surface area contributed by atoms with Crippen molar-refractivity contribution >= 4 is 5.91 Å². The van der Waals surface area contributed by atoms with E-state index in [1.807, 2.05) is 36.4 Å². The molecule has 2 N–H and O–H groups in total. The van der Waals surface area contributed by atoms with Crippen molar-refractivity contribution in [3.63, 3.8) is 0 Å². The summed E-state index contributed by atoms with van der Waals surface area (Å²) >= 11 is 0. The molecule has 1 fully saturated rings. The summed E-state index contributed by atoms with van der Waals surface area (Å²) in [5, 5.41) is 12.6. The highest BCUT2D eigenvalue weighted by molar-refractivity contribution is 5.95. The van der Waals surface area contributed by atoms with Crippen molar-refractivity contribution in [2.24, 2.45) is 5.92 Å². The lowest BCUT2D eigenvalue weighted by molar-refractivity contribution is 0.0232. The van der Waals surface area contributed by atoms with E-state index in [-0.39, 0.29) is 18.1 Å². The Labute approximate surface area is 143 Å². The van der Waals surface area contributed by atoms with Gasteiger partial charge in [0.1, 0.15) is 0 Å². The third-order valence-corrected chi connectivity index (χ3v) is 5.06. The van der Waals surface area contributed by atoms with Gasteiger partial charge < -0.3 is 10.4 Å². The van der Waals surface area contributed by atoms with Gasteiger partial charge in [-0.2, -0.15) is 0 Å². The van der Waals surface area contributed by atoms with E-state index in [2.05, 4.69) is 31.3 Å². The molecule has 1 atom stereocenters. The molecule has 1 aliphatic rings. The van der Waals surface area contributed by atoms with Crippen LogP contribution in [-0.2, 0) is 0 Å². The van der Waals surface area contributed by atoms with Crippen LogP contribution in [0.4, 0.5) is 0 Å². The zero-order valence-electron chi connectivity index (χ0n) is 14.3. The Kier molecular flexibility index (Phi) is 5.00. The van der Waals surface area contributed by atoms with Crippen LogP contribution in [-0.4, -0.2) is 23.2 Å². The maximum Gasteiger partial charge on any atom is 0.251 e. The molecule has 1 amide bonds. The van der Waals surface area contributed by atoms with E-state index in [1.54, 1.807) is 0 Å². The molecule has 0 bridgehead atoms. The molecule has 0 heterocycles. The summed E-state index contributed by atoms with van der Waals surface area (Å²) < 4.78 is 0. The van der Waals surface area contributed by atoms with E-state index in [4.69, 9.17) is 0 Å². The van der Waals surface area contributed by atoms with Crippen molar-refractivity contribution in [2.45, 2.75) is 45.3 Å². The smallest absolute Gasteiger partial charge is 0.251 e. The summed E-state index contributed by atoms with van der Waals surface area (Å²) in [5.74, 6) is 0.368. The van der Waals surface area contributed by atoms with Crippen molar-refractivity contribution in [1.29, 1.82) is 0 Å². The maximum absolute atomic E-state index is 12.6. The molecular weight excluding hydrogens is 298 g/mol. The van der Waals surface area contributed by atoms with Gasteiger partial charge in [-0.15, -0.1) is 0 Å². The third-order valence-electron chi connectivity index (χ3n) is 5.06. The van der Waals surface area contributed by atoms with Crippen LogP contribution in [0.3, 0.4) is 0 Å². The van der Waals surface area contributed by atoms with E-state index < -0.39 is 0 Å². The molecule has 3 heteroatoms. The third kappa shape index (κ3) is 3.51. The second-order valence-electron chi connectivity index (χ2n) is 6.77. The van der Waals surface area contributed by atoms with E-state index >= 15 is 0 Å². The monoisotopic (exact) mass is 323 g/mol. The Balaban J connectivity index is 1.76. The maximum atomic E-state index is 12.6. The van der Waals surface area contributed by atoms with Crippen LogP contribution < -0.4 is 5.32 Å². The number of carbonyl (C=O) groups is 1. The molecule has 2 aromatic rings. The minimum absolute atomic E-state index is 0.0290. The number of amides is 1. The van der Waals surface area contributed by atoms with E-state index in [0.29, 0.717) is 11.5 Å². The lowest BCUT2D eigenvalue weighted by Crippen LogP contribution is -2.46. The summed E-state index contributed by atoms with van der Waals surface area (Å²) in [6.45, 7) is 4.16. The molecule has 0 saturated heterocycles. The first-order valence-electron chi connectivity index (χ1n) is 8.73. The summed E-state index contributed by atoms with van der Waals surface area (Å²) in [6, 6.07) is 16.1. The van der Waals surface area contributed by atoms with Gasteiger partial charge in [-0.1, -0.05) is 43.3 Å². The highest BCUT2D eigenvalue weighted by Gasteiger charge is 2.33. The minimum atomic E-state index is -0.190. The molecule has 0 aliphatic heterocycles. The molecule has 3 nitrogen and oxygen atoms in total. The van der Waals surface area contributed by atoms with Gasteiger partial charge in [0.15, 0.2) is 0 Å². The molecule has 3 rings (SSSR count). The van der Waals surface area contributed by atoms with Crippen LogP contribution in [0.25, 0.3) is 11.1 Å². The highest BCUT2D eigenvalue weighted by atomic mass is 16.3. The number of rotatable bonds is 5. The van der Waals surface area contributed by atoms with E-state index in [9.17, 15) is 9.90 Å². The number of nitrogens with one attached hydrogen (secondary N) is 1. The average Bonchev–Trinajstić information content (AvgIpc) is 2.57. The van der Waals surface area contributed by atoms with E-state index in [0.717, 1.165) is 30.4 Å². The predicted molar refractivity (Wildman–Crippen MR) is 96.9 cm³/mol. The molecule has 1 saturated carbocycles. The predicted octanol–water partition coefficient (Wildman–Crippen LogP) is 3.94. The lowest BCUT2D eigenvalue weighted by Gasteiger charge is -2.37. The molecule has 1 aliphatic carbocycles. The van der Waals surface area contributed by atoms with Gasteiger partial charge in [0, 0.05) is 11.6 Å². The van der Waals surface area contributed by atoms with Crippen molar-refractivity contribution < 1.29 is 9.90 Å². The van der Waals surface area contributed by atoms with Gasteiger partial charge in [-0.05, 0) is 60.9 Å². The second kappa shape index (κ2) is 7.18. The van der Waals surface area contributed by atoms with E-state index in [1.165, 1.54) is 5.56 Å². The van der Waals surface area contributed by atoms with Crippen molar-refractivity contribution in [1.82, 2.24) is 5.32 Å².